The van der Waals surface area contributed by atoms with Crippen LogP contribution in [0.1, 0.15) is 18.9 Å². The van der Waals surface area contributed by atoms with E-state index >= 15 is 0 Å². The van der Waals surface area contributed by atoms with Crippen LogP contribution in [0, 0.1) is 11.8 Å². The molecule has 0 fully saturated rings. The van der Waals surface area contributed by atoms with Crippen molar-refractivity contribution in [2.45, 2.75) is 18.2 Å². The van der Waals surface area contributed by atoms with Gasteiger partial charge in [0.25, 0.3) is 0 Å². The van der Waals surface area contributed by atoms with Crippen LogP contribution >= 0.6 is 23.2 Å². The minimum Gasteiger partial charge on any atom is -0.320 e. The Labute approximate surface area is 129 Å². The van der Waals surface area contributed by atoms with Gasteiger partial charge in [0.05, 0.1) is 16.6 Å². The molecule has 7 heteroatoms. The van der Waals surface area contributed by atoms with E-state index in [9.17, 15) is 8.42 Å². The van der Waals surface area contributed by atoms with Crippen molar-refractivity contribution in [3.63, 3.8) is 0 Å². The number of hydrogen-bond acceptors (Lipinski definition) is 3. The first kappa shape index (κ1) is 17.3. The molecule has 4 nitrogen and oxygen atoms in total. The number of rotatable bonds is 4. The Morgan fingerprint density at radius 2 is 1.85 bits per heavy atom. The van der Waals surface area contributed by atoms with Gasteiger partial charge in [-0.05, 0) is 18.6 Å². The maximum atomic E-state index is 12.4. The van der Waals surface area contributed by atoms with Gasteiger partial charge >= 0.3 is 0 Å². The Bertz CT molecular complexity index is 625. The summed E-state index contributed by atoms with van der Waals surface area (Å²) >= 11 is 12.1. The quantitative estimate of drug-likeness (QED) is 0.859. The molecular formula is C13H16Cl2N2O2S. The predicted octanol–water partition coefficient (Wildman–Crippen LogP) is 2.33. The van der Waals surface area contributed by atoms with Crippen molar-refractivity contribution < 1.29 is 8.42 Å². The number of hydrogen-bond donors (Lipinski definition) is 1. The standard InChI is InChI=1S/C13H16Cl2N2O2S/c1-3-7-17(2)20(18,19)13-11(14)8-10(5-4-6-16)9-12(13)15/h8-9H,3,6-7,16H2,1-2H3. The largest absolute Gasteiger partial charge is 0.320 e. The first-order valence-electron chi connectivity index (χ1n) is 5.99. The summed E-state index contributed by atoms with van der Waals surface area (Å²) in [6.07, 6.45) is 0.699. The summed E-state index contributed by atoms with van der Waals surface area (Å²) in [5, 5.41) is 0.114. The van der Waals surface area contributed by atoms with Crippen LogP contribution in [0.15, 0.2) is 17.0 Å². The third kappa shape index (κ3) is 3.87. The smallest absolute Gasteiger partial charge is 0.245 e. The van der Waals surface area contributed by atoms with Crippen molar-refractivity contribution in [2.24, 2.45) is 5.73 Å². The third-order valence-electron chi connectivity index (χ3n) is 2.54. The summed E-state index contributed by atoms with van der Waals surface area (Å²) in [5.41, 5.74) is 5.81. The fourth-order valence-electron chi connectivity index (χ4n) is 1.62. The number of nitrogens with zero attached hydrogens (tertiary/aromatic N) is 1. The highest BCUT2D eigenvalue weighted by Gasteiger charge is 2.26. The third-order valence-corrected chi connectivity index (χ3v) is 5.32. The molecule has 0 aliphatic heterocycles. The van der Waals surface area contributed by atoms with E-state index in [4.69, 9.17) is 28.9 Å². The van der Waals surface area contributed by atoms with Gasteiger partial charge in [0.15, 0.2) is 0 Å². The van der Waals surface area contributed by atoms with E-state index in [1.165, 1.54) is 23.5 Å². The van der Waals surface area contributed by atoms with Crippen molar-refractivity contribution in [3.8, 4) is 11.8 Å². The lowest BCUT2D eigenvalue weighted by atomic mass is 10.2. The molecule has 0 radical (unpaired) electrons. The van der Waals surface area contributed by atoms with Gasteiger partial charge in [0.1, 0.15) is 4.90 Å². The van der Waals surface area contributed by atoms with E-state index in [0.29, 0.717) is 18.5 Å². The summed E-state index contributed by atoms with van der Waals surface area (Å²) in [4.78, 5) is -0.0879. The van der Waals surface area contributed by atoms with Crippen LogP contribution in [-0.2, 0) is 10.0 Å². The lowest BCUT2D eigenvalue weighted by Crippen LogP contribution is -2.28. The molecule has 0 amide bonds. The fraction of sp³-hybridized carbons (Fsp3) is 0.385. The van der Waals surface area contributed by atoms with Gasteiger partial charge in [-0.2, -0.15) is 0 Å². The molecule has 0 atom stereocenters. The summed E-state index contributed by atoms with van der Waals surface area (Å²) < 4.78 is 26.0. The lowest BCUT2D eigenvalue weighted by Gasteiger charge is -2.18. The Morgan fingerprint density at radius 1 is 1.30 bits per heavy atom. The fourth-order valence-corrected chi connectivity index (χ4v) is 4.04. The van der Waals surface area contributed by atoms with E-state index in [1.54, 1.807) is 0 Å². The number of nitrogens with two attached hydrogens (primary N) is 1. The van der Waals surface area contributed by atoms with Crippen LogP contribution in [-0.4, -0.2) is 32.9 Å². The van der Waals surface area contributed by atoms with E-state index in [-0.39, 0.29) is 21.5 Å². The Hall–Kier alpha value is -0.770. The van der Waals surface area contributed by atoms with Crippen LogP contribution < -0.4 is 5.73 Å². The van der Waals surface area contributed by atoms with Crippen LogP contribution in [0.2, 0.25) is 10.0 Å². The molecule has 0 saturated heterocycles. The van der Waals surface area contributed by atoms with Crippen molar-refractivity contribution in [1.82, 2.24) is 4.31 Å². The van der Waals surface area contributed by atoms with E-state index in [2.05, 4.69) is 11.8 Å². The molecule has 0 bridgehead atoms. The predicted molar refractivity (Wildman–Crippen MR) is 82.5 cm³/mol. The molecule has 0 unspecified atom stereocenters. The second-order valence-electron chi connectivity index (χ2n) is 4.10. The second kappa shape index (κ2) is 7.30. The van der Waals surface area contributed by atoms with Gasteiger partial charge < -0.3 is 5.73 Å². The summed E-state index contributed by atoms with van der Waals surface area (Å²) in [5.74, 6) is 5.43. The SMILES string of the molecule is CCCN(C)S(=O)(=O)c1c(Cl)cc(C#CCN)cc1Cl. The van der Waals surface area contributed by atoms with Gasteiger partial charge in [-0.1, -0.05) is 42.0 Å². The van der Waals surface area contributed by atoms with Crippen LogP contribution in [0.25, 0.3) is 0 Å². The van der Waals surface area contributed by atoms with Gasteiger partial charge in [0.2, 0.25) is 10.0 Å². The highest BCUT2D eigenvalue weighted by atomic mass is 35.5. The molecule has 0 heterocycles. The Kier molecular flexibility index (Phi) is 6.31. The molecule has 0 saturated carbocycles. The van der Waals surface area contributed by atoms with Crippen LogP contribution in [0.5, 0.6) is 0 Å². The van der Waals surface area contributed by atoms with Crippen LogP contribution in [0.3, 0.4) is 0 Å². The van der Waals surface area contributed by atoms with E-state index in [1.807, 2.05) is 6.92 Å². The summed E-state index contributed by atoms with van der Waals surface area (Å²) in [7, 11) is -2.21. The zero-order valence-electron chi connectivity index (χ0n) is 11.3. The molecule has 1 rings (SSSR count). The molecule has 20 heavy (non-hydrogen) atoms. The van der Waals surface area contributed by atoms with Gasteiger partial charge in [-0.3, -0.25) is 0 Å². The zero-order chi connectivity index (χ0) is 15.3. The zero-order valence-corrected chi connectivity index (χ0v) is 13.6. The minimum atomic E-state index is -3.70. The molecule has 0 aliphatic carbocycles. The lowest BCUT2D eigenvalue weighted by molar-refractivity contribution is 0.468. The molecule has 110 valence electrons. The second-order valence-corrected chi connectivity index (χ2v) is 6.90. The van der Waals surface area contributed by atoms with Crippen molar-refractivity contribution in [2.75, 3.05) is 20.1 Å². The number of halogens is 2. The highest BCUT2D eigenvalue weighted by Crippen LogP contribution is 2.32. The van der Waals surface area contributed by atoms with Gasteiger partial charge in [0, 0.05) is 19.2 Å². The summed E-state index contributed by atoms with van der Waals surface area (Å²) in [6, 6.07) is 2.95. The van der Waals surface area contributed by atoms with Gasteiger partial charge in [-0.15, -0.1) is 0 Å². The van der Waals surface area contributed by atoms with Crippen molar-refractivity contribution in [1.29, 1.82) is 0 Å². The monoisotopic (exact) mass is 334 g/mol. The van der Waals surface area contributed by atoms with Crippen molar-refractivity contribution in [3.05, 3.63) is 27.7 Å². The average molecular weight is 335 g/mol. The molecule has 1 aromatic carbocycles. The average Bonchev–Trinajstić information content (AvgIpc) is 2.35. The maximum absolute atomic E-state index is 12.4. The first-order valence-corrected chi connectivity index (χ1v) is 8.18. The normalized spacial score (nSPS) is 11.3. The summed E-state index contributed by atoms with van der Waals surface area (Å²) in [6.45, 7) is 2.49. The topological polar surface area (TPSA) is 63.4 Å². The highest BCUT2D eigenvalue weighted by molar-refractivity contribution is 7.89. The molecule has 0 spiro atoms. The molecule has 0 aliphatic rings. The first-order chi connectivity index (χ1) is 9.34. The maximum Gasteiger partial charge on any atom is 0.245 e. The Morgan fingerprint density at radius 3 is 2.30 bits per heavy atom. The van der Waals surface area contributed by atoms with E-state index < -0.39 is 10.0 Å². The molecule has 2 N–H and O–H groups in total. The van der Waals surface area contributed by atoms with Gasteiger partial charge in [-0.25, -0.2) is 12.7 Å². The Balaban J connectivity index is 3.34. The minimum absolute atomic E-state index is 0.0572. The van der Waals surface area contributed by atoms with Crippen molar-refractivity contribution >= 4 is 33.2 Å². The number of sulfonamides is 1. The van der Waals surface area contributed by atoms with Crippen LogP contribution in [0.4, 0.5) is 0 Å². The molecular weight excluding hydrogens is 319 g/mol. The van der Waals surface area contributed by atoms with E-state index in [0.717, 1.165) is 0 Å². The molecule has 0 aromatic heterocycles. The molecule has 1 aromatic rings. The number of benzene rings is 1.